The Morgan fingerprint density at radius 2 is 2.00 bits per heavy atom. The quantitative estimate of drug-likeness (QED) is 0.777. The number of ether oxygens (including phenoxy) is 1. The van der Waals surface area contributed by atoms with Gasteiger partial charge in [0.05, 0.1) is 0 Å². The number of carbonyl (C=O) groups is 2. The molecule has 0 unspecified atom stereocenters. The van der Waals surface area contributed by atoms with Crippen LogP contribution in [0.2, 0.25) is 0 Å². The molecule has 0 spiro atoms. The predicted molar refractivity (Wildman–Crippen MR) is 84.3 cm³/mol. The zero-order chi connectivity index (χ0) is 15.8. The van der Waals surface area contributed by atoms with Crippen molar-refractivity contribution in [2.45, 2.75) is 32.7 Å². The molecule has 1 aromatic rings. The summed E-state index contributed by atoms with van der Waals surface area (Å²) in [4.78, 5) is 25.4. The zero-order valence-corrected chi connectivity index (χ0v) is 13.1. The first kappa shape index (κ1) is 16.5. The number of rotatable bonds is 7. The zero-order valence-electron chi connectivity index (χ0n) is 13.1. The molecular formula is C17H24N2O3. The number of carbonyl (C=O) groups excluding carboxylic acids is 2. The molecule has 0 saturated carbocycles. The van der Waals surface area contributed by atoms with Crippen molar-refractivity contribution in [1.29, 1.82) is 0 Å². The normalized spacial score (nSPS) is 13.6. The third-order valence-corrected chi connectivity index (χ3v) is 3.79. The molecular weight excluding hydrogens is 280 g/mol. The summed E-state index contributed by atoms with van der Waals surface area (Å²) < 4.78 is 5.23. The second-order valence-electron chi connectivity index (χ2n) is 5.53. The number of nitrogens with zero attached hydrogens (tertiary/aromatic N) is 1. The fourth-order valence-electron chi connectivity index (χ4n) is 2.49. The van der Waals surface area contributed by atoms with Crippen LogP contribution in [-0.2, 0) is 27.3 Å². The minimum absolute atomic E-state index is 0.0383. The van der Waals surface area contributed by atoms with E-state index in [0.717, 1.165) is 19.3 Å². The smallest absolute Gasteiger partial charge is 0.248 e. The molecule has 1 heterocycles. The molecule has 0 aliphatic carbocycles. The Hall–Kier alpha value is -1.88. The molecule has 1 aromatic carbocycles. The van der Waals surface area contributed by atoms with Crippen LogP contribution in [0.5, 0.6) is 0 Å². The van der Waals surface area contributed by atoms with Crippen molar-refractivity contribution in [3.8, 4) is 0 Å². The van der Waals surface area contributed by atoms with Crippen LogP contribution >= 0.6 is 0 Å². The van der Waals surface area contributed by atoms with Crippen LogP contribution in [-0.4, -0.2) is 43.0 Å². The molecule has 0 radical (unpaired) electrons. The first-order chi connectivity index (χ1) is 10.7. The Kier molecular flexibility index (Phi) is 6.40. The molecule has 120 valence electrons. The van der Waals surface area contributed by atoms with Crippen LogP contribution in [0.15, 0.2) is 24.3 Å². The van der Waals surface area contributed by atoms with E-state index in [-0.39, 0.29) is 25.0 Å². The van der Waals surface area contributed by atoms with Crippen molar-refractivity contribution in [2.24, 2.45) is 0 Å². The number of fused-ring (bicyclic) bond motifs is 1. The number of unbranched alkanes of at least 4 members (excludes halogenated alkanes) is 1. The van der Waals surface area contributed by atoms with E-state index in [1.807, 2.05) is 12.1 Å². The first-order valence-corrected chi connectivity index (χ1v) is 7.89. The molecule has 0 fully saturated rings. The van der Waals surface area contributed by atoms with E-state index < -0.39 is 0 Å². The third-order valence-electron chi connectivity index (χ3n) is 3.79. The van der Waals surface area contributed by atoms with Gasteiger partial charge in [0.1, 0.15) is 13.2 Å². The van der Waals surface area contributed by atoms with E-state index in [0.29, 0.717) is 19.6 Å². The Morgan fingerprint density at radius 3 is 2.77 bits per heavy atom. The number of nitrogens with one attached hydrogen (secondary N) is 1. The van der Waals surface area contributed by atoms with Crippen LogP contribution in [0.25, 0.3) is 0 Å². The van der Waals surface area contributed by atoms with E-state index in [2.05, 4.69) is 24.4 Å². The average molecular weight is 304 g/mol. The molecule has 22 heavy (non-hydrogen) atoms. The third kappa shape index (κ3) is 4.84. The van der Waals surface area contributed by atoms with Gasteiger partial charge >= 0.3 is 0 Å². The lowest BCUT2D eigenvalue weighted by Crippen LogP contribution is -2.39. The standard InChI is InChI=1S/C17H24N2O3/c1-2-3-9-18-16(20)12-22-13-17(21)19-10-8-14-6-4-5-7-15(14)11-19/h4-7H,2-3,8-13H2,1H3,(H,18,20). The van der Waals surface area contributed by atoms with E-state index >= 15 is 0 Å². The minimum atomic E-state index is -0.162. The maximum Gasteiger partial charge on any atom is 0.248 e. The van der Waals surface area contributed by atoms with Crippen molar-refractivity contribution < 1.29 is 14.3 Å². The highest BCUT2D eigenvalue weighted by Crippen LogP contribution is 2.18. The van der Waals surface area contributed by atoms with Gasteiger partial charge in [0.15, 0.2) is 0 Å². The van der Waals surface area contributed by atoms with E-state index in [4.69, 9.17) is 4.74 Å². The van der Waals surface area contributed by atoms with Gasteiger partial charge in [0.2, 0.25) is 11.8 Å². The lowest BCUT2D eigenvalue weighted by molar-refractivity contribution is -0.139. The fourth-order valence-corrected chi connectivity index (χ4v) is 2.49. The molecule has 1 aliphatic heterocycles. The van der Waals surface area contributed by atoms with Gasteiger partial charge in [-0.15, -0.1) is 0 Å². The highest BCUT2D eigenvalue weighted by molar-refractivity contribution is 5.79. The summed E-state index contributed by atoms with van der Waals surface area (Å²) in [5, 5.41) is 2.76. The summed E-state index contributed by atoms with van der Waals surface area (Å²) >= 11 is 0. The number of amides is 2. The summed E-state index contributed by atoms with van der Waals surface area (Å²) in [7, 11) is 0. The van der Waals surface area contributed by atoms with Gasteiger partial charge in [-0.3, -0.25) is 9.59 Å². The lowest BCUT2D eigenvalue weighted by Gasteiger charge is -2.28. The number of hydrogen-bond donors (Lipinski definition) is 1. The number of benzene rings is 1. The Balaban J connectivity index is 1.69. The number of hydrogen-bond acceptors (Lipinski definition) is 3. The molecule has 2 rings (SSSR count). The summed E-state index contributed by atoms with van der Waals surface area (Å²) in [6.45, 7) is 3.97. The molecule has 0 bridgehead atoms. The second-order valence-corrected chi connectivity index (χ2v) is 5.53. The molecule has 5 nitrogen and oxygen atoms in total. The van der Waals surface area contributed by atoms with Crippen LogP contribution in [0.4, 0.5) is 0 Å². The topological polar surface area (TPSA) is 58.6 Å². The van der Waals surface area contributed by atoms with Gasteiger partial charge in [0, 0.05) is 19.6 Å². The maximum atomic E-state index is 12.1. The van der Waals surface area contributed by atoms with Crippen molar-refractivity contribution in [3.63, 3.8) is 0 Å². The average Bonchev–Trinajstić information content (AvgIpc) is 2.54. The highest BCUT2D eigenvalue weighted by atomic mass is 16.5. The van der Waals surface area contributed by atoms with Gasteiger partial charge in [-0.2, -0.15) is 0 Å². The molecule has 1 aliphatic rings. The molecule has 0 saturated heterocycles. The van der Waals surface area contributed by atoms with Crippen molar-refractivity contribution in [3.05, 3.63) is 35.4 Å². The summed E-state index contributed by atoms with van der Waals surface area (Å²) in [6.07, 6.45) is 2.87. The van der Waals surface area contributed by atoms with Crippen molar-refractivity contribution >= 4 is 11.8 Å². The van der Waals surface area contributed by atoms with Gasteiger partial charge in [-0.05, 0) is 24.0 Å². The van der Waals surface area contributed by atoms with Crippen molar-refractivity contribution in [2.75, 3.05) is 26.3 Å². The summed E-state index contributed by atoms with van der Waals surface area (Å²) in [6, 6.07) is 8.17. The Bertz CT molecular complexity index is 516. The fraction of sp³-hybridized carbons (Fsp3) is 0.529. The largest absolute Gasteiger partial charge is 0.362 e. The maximum absolute atomic E-state index is 12.1. The molecule has 1 N–H and O–H groups in total. The summed E-state index contributed by atoms with van der Waals surface area (Å²) in [5.74, 6) is -0.221. The highest BCUT2D eigenvalue weighted by Gasteiger charge is 2.20. The SMILES string of the molecule is CCCCNC(=O)COCC(=O)N1CCc2ccccc2C1. The molecule has 0 atom stereocenters. The van der Waals surface area contributed by atoms with Gasteiger partial charge in [-0.25, -0.2) is 0 Å². The van der Waals surface area contributed by atoms with E-state index in [1.165, 1.54) is 11.1 Å². The van der Waals surface area contributed by atoms with Gasteiger partial charge in [-0.1, -0.05) is 37.6 Å². The molecule has 5 heteroatoms. The van der Waals surface area contributed by atoms with E-state index in [9.17, 15) is 9.59 Å². The minimum Gasteiger partial charge on any atom is -0.362 e. The Labute approximate surface area is 131 Å². The predicted octanol–water partition coefficient (Wildman–Crippen LogP) is 1.50. The van der Waals surface area contributed by atoms with Crippen LogP contribution in [0.1, 0.15) is 30.9 Å². The van der Waals surface area contributed by atoms with Crippen molar-refractivity contribution in [1.82, 2.24) is 10.2 Å². The first-order valence-electron chi connectivity index (χ1n) is 7.89. The second kappa shape index (κ2) is 8.54. The monoisotopic (exact) mass is 304 g/mol. The van der Waals surface area contributed by atoms with Crippen LogP contribution in [0.3, 0.4) is 0 Å². The van der Waals surface area contributed by atoms with Gasteiger partial charge in [0.25, 0.3) is 0 Å². The molecule has 2 amide bonds. The Morgan fingerprint density at radius 1 is 1.23 bits per heavy atom. The van der Waals surface area contributed by atoms with Crippen LogP contribution < -0.4 is 5.32 Å². The van der Waals surface area contributed by atoms with Gasteiger partial charge < -0.3 is 15.0 Å². The van der Waals surface area contributed by atoms with E-state index in [1.54, 1.807) is 4.90 Å². The summed E-state index contributed by atoms with van der Waals surface area (Å²) in [5.41, 5.74) is 2.50. The lowest BCUT2D eigenvalue weighted by atomic mass is 10.00. The molecule has 0 aromatic heterocycles. The van der Waals surface area contributed by atoms with Crippen LogP contribution in [0, 0.1) is 0 Å².